The van der Waals surface area contributed by atoms with Crippen LogP contribution in [-0.4, -0.2) is 17.1 Å². The molecule has 1 aromatic rings. The van der Waals surface area contributed by atoms with Crippen LogP contribution in [0.15, 0.2) is 22.7 Å². The van der Waals surface area contributed by atoms with Gasteiger partial charge in [-0.1, -0.05) is 26.7 Å². The molecule has 1 aliphatic carbocycles. The molecule has 0 aliphatic heterocycles. The summed E-state index contributed by atoms with van der Waals surface area (Å²) >= 11 is 3.22. The van der Waals surface area contributed by atoms with Gasteiger partial charge in [-0.3, -0.25) is 4.79 Å². The number of rotatable bonds is 3. The van der Waals surface area contributed by atoms with Gasteiger partial charge in [-0.05, 0) is 58.8 Å². The Kier molecular flexibility index (Phi) is 5.08. The molecule has 2 N–H and O–H groups in total. The molecule has 0 radical (unpaired) electrons. The van der Waals surface area contributed by atoms with Crippen LogP contribution < -0.4 is 5.32 Å². The average molecular weight is 340 g/mol. The number of carbonyl (C=O) groups excluding carboxylic acids is 1. The first-order valence-corrected chi connectivity index (χ1v) is 8.07. The van der Waals surface area contributed by atoms with Crippen molar-refractivity contribution in [3.05, 3.63) is 28.2 Å². The van der Waals surface area contributed by atoms with E-state index in [1.165, 1.54) is 25.3 Å². The number of aromatic hydroxyl groups is 1. The lowest BCUT2D eigenvalue weighted by atomic mass is 9.78. The fraction of sp³-hybridized carbons (Fsp3) is 0.562. The van der Waals surface area contributed by atoms with Crippen LogP contribution in [-0.2, 0) is 0 Å². The highest BCUT2D eigenvalue weighted by Gasteiger charge is 2.28. The lowest BCUT2D eigenvalue weighted by Gasteiger charge is -2.34. The largest absolute Gasteiger partial charge is 0.507 e. The molecule has 0 aromatic heterocycles. The third-order valence-corrected chi connectivity index (χ3v) is 4.87. The fourth-order valence-corrected chi connectivity index (χ4v) is 3.29. The fourth-order valence-electron chi connectivity index (χ4n) is 3.04. The molecule has 0 heterocycles. The van der Waals surface area contributed by atoms with Gasteiger partial charge in [-0.15, -0.1) is 0 Å². The van der Waals surface area contributed by atoms with Crippen molar-refractivity contribution in [1.29, 1.82) is 0 Å². The lowest BCUT2D eigenvalue weighted by molar-refractivity contribution is 0.0888. The monoisotopic (exact) mass is 339 g/mol. The zero-order chi connectivity index (χ0) is 14.7. The predicted octanol–water partition coefficient (Wildman–Crippen LogP) is 4.10. The van der Waals surface area contributed by atoms with Crippen LogP contribution in [0.3, 0.4) is 0 Å². The maximum absolute atomic E-state index is 12.3. The summed E-state index contributed by atoms with van der Waals surface area (Å²) in [7, 11) is 0. The number of phenols is 1. The Balaban J connectivity index is 2.07. The minimum absolute atomic E-state index is 0.0923. The third kappa shape index (κ3) is 3.54. The van der Waals surface area contributed by atoms with Crippen LogP contribution in [0.4, 0.5) is 0 Å². The first-order valence-electron chi connectivity index (χ1n) is 7.28. The van der Waals surface area contributed by atoms with Crippen molar-refractivity contribution in [1.82, 2.24) is 5.32 Å². The average Bonchev–Trinajstić information content (AvgIpc) is 2.42. The zero-order valence-electron chi connectivity index (χ0n) is 12.0. The molecule has 3 nitrogen and oxygen atoms in total. The third-order valence-electron chi connectivity index (χ3n) is 4.20. The molecule has 2 unspecified atom stereocenters. The number of benzene rings is 1. The second kappa shape index (κ2) is 6.61. The SMILES string of the molecule is CC(C)C1CCCCC1NC(=O)c1ccc(Br)c(O)c1. The number of nitrogens with one attached hydrogen (secondary N) is 1. The maximum Gasteiger partial charge on any atom is 0.251 e. The Labute approximate surface area is 128 Å². The lowest BCUT2D eigenvalue weighted by Crippen LogP contribution is -2.43. The molecule has 2 atom stereocenters. The highest BCUT2D eigenvalue weighted by Crippen LogP contribution is 2.30. The van der Waals surface area contributed by atoms with Crippen molar-refractivity contribution in [2.75, 3.05) is 0 Å². The number of carbonyl (C=O) groups is 1. The van der Waals surface area contributed by atoms with Crippen LogP contribution in [0, 0.1) is 11.8 Å². The Morgan fingerprint density at radius 2 is 2.05 bits per heavy atom. The van der Waals surface area contributed by atoms with Gasteiger partial charge in [0.15, 0.2) is 0 Å². The molecule has 1 aromatic carbocycles. The van der Waals surface area contributed by atoms with Gasteiger partial charge < -0.3 is 10.4 Å². The predicted molar refractivity (Wildman–Crippen MR) is 83.9 cm³/mol. The van der Waals surface area contributed by atoms with E-state index in [1.54, 1.807) is 12.1 Å². The van der Waals surface area contributed by atoms with Crippen LogP contribution in [0.5, 0.6) is 5.75 Å². The number of amides is 1. The molecule has 110 valence electrons. The summed E-state index contributed by atoms with van der Waals surface area (Å²) in [6.07, 6.45) is 4.68. The Hall–Kier alpha value is -1.03. The van der Waals surface area contributed by atoms with Crippen molar-refractivity contribution < 1.29 is 9.90 Å². The Morgan fingerprint density at radius 1 is 1.35 bits per heavy atom. The van der Waals surface area contributed by atoms with Gasteiger partial charge in [-0.25, -0.2) is 0 Å². The number of phenolic OH excluding ortho intramolecular Hbond substituents is 1. The molecule has 1 aliphatic rings. The Bertz CT molecular complexity index is 487. The minimum Gasteiger partial charge on any atom is -0.507 e. The molecular weight excluding hydrogens is 318 g/mol. The van der Waals surface area contributed by atoms with E-state index in [-0.39, 0.29) is 17.7 Å². The highest BCUT2D eigenvalue weighted by atomic mass is 79.9. The van der Waals surface area contributed by atoms with E-state index < -0.39 is 0 Å². The maximum atomic E-state index is 12.3. The van der Waals surface area contributed by atoms with Gasteiger partial charge in [0, 0.05) is 11.6 Å². The van der Waals surface area contributed by atoms with E-state index in [0.29, 0.717) is 21.9 Å². The van der Waals surface area contributed by atoms with E-state index in [0.717, 1.165) is 6.42 Å². The first-order chi connectivity index (χ1) is 9.49. The van der Waals surface area contributed by atoms with Gasteiger partial charge in [0.1, 0.15) is 5.75 Å². The van der Waals surface area contributed by atoms with Crippen LogP contribution in [0.2, 0.25) is 0 Å². The molecule has 1 fully saturated rings. The summed E-state index contributed by atoms with van der Waals surface area (Å²) in [6, 6.07) is 5.19. The molecule has 0 bridgehead atoms. The van der Waals surface area contributed by atoms with Crippen LogP contribution in [0.25, 0.3) is 0 Å². The molecule has 1 saturated carbocycles. The van der Waals surface area contributed by atoms with E-state index in [4.69, 9.17) is 0 Å². The molecule has 0 spiro atoms. The second-order valence-corrected chi connectivity index (χ2v) is 6.79. The second-order valence-electron chi connectivity index (χ2n) is 5.94. The van der Waals surface area contributed by atoms with Crippen molar-refractivity contribution in [2.24, 2.45) is 11.8 Å². The number of halogens is 1. The summed E-state index contributed by atoms with van der Waals surface area (Å²) in [5.41, 5.74) is 0.513. The summed E-state index contributed by atoms with van der Waals surface area (Å²) in [5.74, 6) is 1.14. The first kappa shape index (κ1) is 15.4. The smallest absolute Gasteiger partial charge is 0.251 e. The summed E-state index contributed by atoms with van der Waals surface area (Å²) in [6.45, 7) is 4.45. The van der Waals surface area contributed by atoms with E-state index in [1.807, 2.05) is 0 Å². The zero-order valence-corrected chi connectivity index (χ0v) is 13.6. The van der Waals surface area contributed by atoms with Crippen molar-refractivity contribution in [2.45, 2.75) is 45.6 Å². The molecule has 0 saturated heterocycles. The normalized spacial score (nSPS) is 22.8. The van der Waals surface area contributed by atoms with Crippen molar-refractivity contribution in [3.8, 4) is 5.75 Å². The van der Waals surface area contributed by atoms with Crippen molar-refractivity contribution >= 4 is 21.8 Å². The van der Waals surface area contributed by atoms with Gasteiger partial charge >= 0.3 is 0 Å². The molecular formula is C16H22BrNO2. The molecule has 2 rings (SSSR count). The van der Waals surface area contributed by atoms with E-state index in [2.05, 4.69) is 35.1 Å². The summed E-state index contributed by atoms with van der Waals surface area (Å²) in [4.78, 5) is 12.3. The summed E-state index contributed by atoms with van der Waals surface area (Å²) < 4.78 is 0.603. The minimum atomic E-state index is -0.0923. The molecule has 1 amide bonds. The Morgan fingerprint density at radius 3 is 2.70 bits per heavy atom. The number of hydrogen-bond acceptors (Lipinski definition) is 2. The van der Waals surface area contributed by atoms with Gasteiger partial charge in [0.25, 0.3) is 5.91 Å². The van der Waals surface area contributed by atoms with Gasteiger partial charge in [0.05, 0.1) is 4.47 Å². The van der Waals surface area contributed by atoms with E-state index >= 15 is 0 Å². The van der Waals surface area contributed by atoms with E-state index in [9.17, 15) is 9.90 Å². The molecule has 4 heteroatoms. The molecule has 20 heavy (non-hydrogen) atoms. The van der Waals surface area contributed by atoms with Crippen molar-refractivity contribution in [3.63, 3.8) is 0 Å². The summed E-state index contributed by atoms with van der Waals surface area (Å²) in [5, 5.41) is 12.8. The standard InChI is InChI=1S/C16H22BrNO2/c1-10(2)12-5-3-4-6-14(12)18-16(20)11-7-8-13(17)15(19)9-11/h7-10,12,14,19H,3-6H2,1-2H3,(H,18,20). The van der Waals surface area contributed by atoms with Crippen LogP contribution >= 0.6 is 15.9 Å². The quantitative estimate of drug-likeness (QED) is 0.870. The number of hydrogen-bond donors (Lipinski definition) is 2. The highest BCUT2D eigenvalue weighted by molar-refractivity contribution is 9.10. The van der Waals surface area contributed by atoms with Gasteiger partial charge in [-0.2, -0.15) is 0 Å². The van der Waals surface area contributed by atoms with Crippen LogP contribution in [0.1, 0.15) is 49.9 Å². The topological polar surface area (TPSA) is 49.3 Å². The van der Waals surface area contributed by atoms with Gasteiger partial charge in [0.2, 0.25) is 0 Å².